The van der Waals surface area contributed by atoms with Crippen molar-refractivity contribution >= 4 is 34.4 Å². The van der Waals surface area contributed by atoms with E-state index in [0.29, 0.717) is 49.3 Å². The number of nitrogens with one attached hydrogen (secondary N) is 3. The maximum absolute atomic E-state index is 12.6. The van der Waals surface area contributed by atoms with Crippen LogP contribution in [0.1, 0.15) is 51.8 Å². The summed E-state index contributed by atoms with van der Waals surface area (Å²) < 4.78 is 12.4. The van der Waals surface area contributed by atoms with Gasteiger partial charge in [0.2, 0.25) is 17.7 Å². The molecule has 46 heavy (non-hydrogen) atoms. The smallest absolute Gasteiger partial charge is 0.336 e. The molecule has 14 nitrogen and oxygen atoms in total. The van der Waals surface area contributed by atoms with Crippen molar-refractivity contribution in [2.75, 3.05) is 38.7 Å². The molecule has 14 heteroatoms. The second-order valence-corrected chi connectivity index (χ2v) is 12.5. The Labute approximate surface area is 268 Å². The molecule has 0 atom stereocenters. The van der Waals surface area contributed by atoms with Crippen molar-refractivity contribution in [3.63, 3.8) is 0 Å². The maximum atomic E-state index is 12.6. The summed E-state index contributed by atoms with van der Waals surface area (Å²) in [5.74, 6) is -2.12. The van der Waals surface area contributed by atoms with Crippen LogP contribution >= 0.6 is 0 Å². The molecule has 2 aromatic heterocycles. The third-order valence-corrected chi connectivity index (χ3v) is 6.77. The first kappa shape index (κ1) is 35.9. The van der Waals surface area contributed by atoms with Crippen molar-refractivity contribution < 1.29 is 28.6 Å². The first-order chi connectivity index (χ1) is 21.6. The van der Waals surface area contributed by atoms with Crippen molar-refractivity contribution in [1.82, 2.24) is 30.9 Å². The molecule has 3 rings (SSSR count). The molecule has 0 radical (unpaired) electrons. The van der Waals surface area contributed by atoms with E-state index in [9.17, 15) is 24.3 Å². The minimum absolute atomic E-state index is 0.0574. The van der Waals surface area contributed by atoms with Gasteiger partial charge in [0, 0.05) is 88.3 Å². The Balaban J connectivity index is 1.33. The van der Waals surface area contributed by atoms with E-state index in [-0.39, 0.29) is 37.2 Å². The molecule has 0 aliphatic rings. The number of aryl methyl sites for hydroxylation is 1. The number of hydrogen-bond acceptors (Lipinski definition) is 10. The summed E-state index contributed by atoms with van der Waals surface area (Å²) in [6.45, 7) is 8.23. The third kappa shape index (κ3) is 12.4. The molecule has 3 amide bonds. The zero-order chi connectivity index (χ0) is 33.9. The Morgan fingerprint density at radius 1 is 1.09 bits per heavy atom. The van der Waals surface area contributed by atoms with Crippen molar-refractivity contribution in [1.29, 1.82) is 0 Å². The van der Waals surface area contributed by atoms with E-state index >= 15 is 0 Å². The van der Waals surface area contributed by atoms with Crippen molar-refractivity contribution in [3.8, 4) is 0 Å². The molecule has 0 unspecified atom stereocenters. The molecular formula is C32H45N7O7. The first-order valence-corrected chi connectivity index (χ1v) is 15.1. The number of nitrogens with zero attached hydrogens (tertiary/aromatic N) is 4. The van der Waals surface area contributed by atoms with Gasteiger partial charge in [0.05, 0.1) is 18.7 Å². The predicted octanol–water partition coefficient (Wildman–Crippen LogP) is 1.65. The fourth-order valence-electron chi connectivity index (χ4n) is 4.40. The lowest BCUT2D eigenvalue weighted by Gasteiger charge is -2.28. The van der Waals surface area contributed by atoms with E-state index < -0.39 is 16.8 Å². The standard InChI is InChI=1S/C32H45N7O7/c1-31(2,21-45-32(3,4)44)19-29(42)35-14-11-27(40)34-13-10-23-20-39(37-36-23)15-7-12-33-28(41)16-22-17-30(43)46-26-18-24(38(5)6)8-9-25(22)26/h8-9,11,14,17-18,20,44H,7,10,12-13,15-16,19,21H2,1-6H3,(H,33,41)(H,34,40)(H,35,42)/b14-11+. The molecule has 250 valence electrons. The number of hydrogen-bond donors (Lipinski definition) is 4. The number of amides is 3. The predicted molar refractivity (Wildman–Crippen MR) is 173 cm³/mol. The van der Waals surface area contributed by atoms with Crippen LogP contribution in [0.2, 0.25) is 0 Å². The molecule has 0 aliphatic heterocycles. The van der Waals surface area contributed by atoms with Gasteiger partial charge in [-0.2, -0.15) is 0 Å². The third-order valence-electron chi connectivity index (χ3n) is 6.77. The second-order valence-electron chi connectivity index (χ2n) is 12.5. The largest absolute Gasteiger partial charge is 0.423 e. The van der Waals surface area contributed by atoms with E-state index in [2.05, 4.69) is 26.3 Å². The Bertz CT molecular complexity index is 1590. The van der Waals surface area contributed by atoms with E-state index in [0.717, 1.165) is 11.1 Å². The van der Waals surface area contributed by atoms with Gasteiger partial charge < -0.3 is 35.1 Å². The lowest BCUT2D eigenvalue weighted by molar-refractivity contribution is -0.192. The molecule has 0 fully saturated rings. The number of rotatable bonds is 17. The molecular weight excluding hydrogens is 594 g/mol. The normalized spacial score (nSPS) is 12.0. The number of aromatic nitrogens is 3. The van der Waals surface area contributed by atoms with E-state index in [1.54, 1.807) is 16.9 Å². The Morgan fingerprint density at radius 3 is 2.57 bits per heavy atom. The summed E-state index contributed by atoms with van der Waals surface area (Å²) in [5.41, 5.74) is 1.64. The fourth-order valence-corrected chi connectivity index (χ4v) is 4.40. The number of aliphatic hydroxyl groups is 1. The summed E-state index contributed by atoms with van der Waals surface area (Å²) in [4.78, 5) is 50.8. The number of fused-ring (bicyclic) bond motifs is 1. The summed E-state index contributed by atoms with van der Waals surface area (Å²) >= 11 is 0. The Hall–Kier alpha value is -4.56. The molecule has 0 bridgehead atoms. The fraction of sp³-hybridized carbons (Fsp3) is 0.500. The van der Waals surface area contributed by atoms with Crippen LogP contribution in [0, 0.1) is 5.41 Å². The molecule has 0 saturated carbocycles. The number of carbonyl (C=O) groups is 3. The van der Waals surface area contributed by atoms with Crippen LogP contribution in [0.5, 0.6) is 0 Å². The highest BCUT2D eigenvalue weighted by Gasteiger charge is 2.25. The van der Waals surface area contributed by atoms with E-state index in [1.807, 2.05) is 45.0 Å². The molecule has 1 aromatic carbocycles. The van der Waals surface area contributed by atoms with Crippen LogP contribution in [-0.4, -0.2) is 77.4 Å². The van der Waals surface area contributed by atoms with Crippen LogP contribution in [-0.2, 0) is 38.5 Å². The maximum Gasteiger partial charge on any atom is 0.336 e. The van der Waals surface area contributed by atoms with Crippen LogP contribution in [0.4, 0.5) is 5.69 Å². The summed E-state index contributed by atoms with van der Waals surface area (Å²) in [5, 5.41) is 26.8. The van der Waals surface area contributed by atoms with Crippen molar-refractivity contribution in [2.24, 2.45) is 5.41 Å². The highest BCUT2D eigenvalue weighted by Crippen LogP contribution is 2.24. The van der Waals surface area contributed by atoms with Crippen LogP contribution < -0.4 is 26.5 Å². The van der Waals surface area contributed by atoms with Crippen LogP contribution in [0.3, 0.4) is 0 Å². The molecule has 2 heterocycles. The van der Waals surface area contributed by atoms with E-state index in [1.165, 1.54) is 32.2 Å². The van der Waals surface area contributed by atoms with Gasteiger partial charge in [0.1, 0.15) is 5.58 Å². The van der Waals surface area contributed by atoms with Crippen molar-refractivity contribution in [2.45, 2.75) is 65.7 Å². The summed E-state index contributed by atoms with van der Waals surface area (Å²) in [6, 6.07) is 6.89. The zero-order valence-corrected chi connectivity index (χ0v) is 27.4. The lowest BCUT2D eigenvalue weighted by Crippen LogP contribution is -2.33. The van der Waals surface area contributed by atoms with Gasteiger partial charge in [-0.1, -0.05) is 19.1 Å². The van der Waals surface area contributed by atoms with Crippen LogP contribution in [0.25, 0.3) is 11.0 Å². The average molecular weight is 640 g/mol. The Kier molecular flexibility index (Phi) is 12.6. The van der Waals surface area contributed by atoms with Gasteiger partial charge in [0.25, 0.3) is 0 Å². The highest BCUT2D eigenvalue weighted by atomic mass is 16.6. The number of carbonyl (C=O) groups excluding carboxylic acids is 3. The van der Waals surface area contributed by atoms with Gasteiger partial charge in [-0.15, -0.1) is 5.10 Å². The van der Waals surface area contributed by atoms with Gasteiger partial charge >= 0.3 is 5.63 Å². The monoisotopic (exact) mass is 639 g/mol. The quantitative estimate of drug-likeness (QED) is 0.0734. The summed E-state index contributed by atoms with van der Waals surface area (Å²) in [7, 11) is 3.79. The van der Waals surface area contributed by atoms with Gasteiger partial charge in [-0.3, -0.25) is 19.1 Å². The number of ether oxygens (including phenoxy) is 1. The molecule has 4 N–H and O–H groups in total. The molecule has 0 saturated heterocycles. The van der Waals surface area contributed by atoms with Crippen LogP contribution in [0.15, 0.2) is 51.9 Å². The minimum Gasteiger partial charge on any atom is -0.423 e. The van der Waals surface area contributed by atoms with E-state index in [4.69, 9.17) is 9.15 Å². The lowest BCUT2D eigenvalue weighted by atomic mass is 9.90. The Morgan fingerprint density at radius 2 is 1.85 bits per heavy atom. The van der Waals surface area contributed by atoms with Gasteiger partial charge in [-0.05, 0) is 43.4 Å². The number of anilines is 1. The first-order valence-electron chi connectivity index (χ1n) is 15.1. The van der Waals surface area contributed by atoms with Gasteiger partial charge in [0.15, 0.2) is 5.79 Å². The van der Waals surface area contributed by atoms with Crippen molar-refractivity contribution in [3.05, 3.63) is 64.4 Å². The highest BCUT2D eigenvalue weighted by molar-refractivity contribution is 5.89. The SMILES string of the molecule is CN(C)c1ccc2c(CC(=O)NCCCn3cc(CCNC(=O)/C=C/NC(=O)CC(C)(C)COC(C)(C)O)nn3)cc(=O)oc2c1. The van der Waals surface area contributed by atoms with Gasteiger partial charge in [-0.25, -0.2) is 4.79 Å². The zero-order valence-electron chi connectivity index (χ0n) is 27.4. The molecule has 3 aromatic rings. The molecule has 0 aliphatic carbocycles. The topological polar surface area (TPSA) is 181 Å². The summed E-state index contributed by atoms with van der Waals surface area (Å²) in [6.07, 6.45) is 5.61. The minimum atomic E-state index is -1.28. The molecule has 0 spiro atoms. The second kappa shape index (κ2) is 16.1. The average Bonchev–Trinajstić information content (AvgIpc) is 3.40. The number of benzene rings is 1.